The van der Waals surface area contributed by atoms with Crippen molar-refractivity contribution in [2.24, 2.45) is 0 Å². The molecule has 2 heterocycles. The van der Waals surface area contributed by atoms with E-state index in [1.165, 1.54) is 0 Å². The minimum absolute atomic E-state index is 0.214. The molecule has 20 heavy (non-hydrogen) atoms. The van der Waals surface area contributed by atoms with Crippen LogP contribution in [0.25, 0.3) is 0 Å². The molecule has 0 radical (unpaired) electrons. The minimum Gasteiger partial charge on any atom is -0.395 e. The van der Waals surface area contributed by atoms with E-state index in [1.54, 1.807) is 0 Å². The molecule has 0 aliphatic carbocycles. The van der Waals surface area contributed by atoms with Crippen LogP contribution in [0.1, 0.15) is 13.3 Å². The Kier molecular flexibility index (Phi) is 5.37. The van der Waals surface area contributed by atoms with E-state index in [0.29, 0.717) is 5.95 Å². The normalized spacial score (nSPS) is 16.4. The number of anilines is 3. The zero-order valence-corrected chi connectivity index (χ0v) is 12.0. The van der Waals surface area contributed by atoms with Crippen molar-refractivity contribution in [3.63, 3.8) is 0 Å². The second-order valence-corrected chi connectivity index (χ2v) is 4.95. The van der Waals surface area contributed by atoms with E-state index in [1.807, 2.05) is 6.07 Å². The van der Waals surface area contributed by atoms with Gasteiger partial charge in [0.15, 0.2) is 0 Å². The van der Waals surface area contributed by atoms with Crippen LogP contribution in [0.15, 0.2) is 6.07 Å². The molecule has 0 amide bonds. The van der Waals surface area contributed by atoms with Gasteiger partial charge in [0.05, 0.1) is 6.61 Å². The topological polar surface area (TPSA) is 90.5 Å². The zero-order chi connectivity index (χ0) is 14.4. The summed E-state index contributed by atoms with van der Waals surface area (Å²) in [5.74, 6) is 1.96. The summed E-state index contributed by atoms with van der Waals surface area (Å²) in [4.78, 5) is 13.0. The molecule has 0 atom stereocenters. The van der Waals surface area contributed by atoms with Crippen LogP contribution in [-0.2, 0) is 0 Å². The van der Waals surface area contributed by atoms with Crippen molar-refractivity contribution in [3.8, 4) is 0 Å². The van der Waals surface area contributed by atoms with Gasteiger partial charge < -0.3 is 21.1 Å². The number of nitrogen functional groups attached to an aromatic ring is 1. The molecule has 1 aliphatic heterocycles. The van der Waals surface area contributed by atoms with E-state index in [0.717, 1.165) is 57.3 Å². The van der Waals surface area contributed by atoms with Gasteiger partial charge in [-0.15, -0.1) is 0 Å². The maximum absolute atomic E-state index is 8.96. The smallest absolute Gasteiger partial charge is 0.223 e. The molecule has 0 spiro atoms. The molecule has 112 valence electrons. The van der Waals surface area contributed by atoms with Crippen LogP contribution in [-0.4, -0.2) is 65.8 Å². The third-order valence-electron chi connectivity index (χ3n) is 3.40. The lowest BCUT2D eigenvalue weighted by molar-refractivity contribution is 0.188. The number of nitrogens with one attached hydrogen (secondary N) is 1. The molecule has 0 unspecified atom stereocenters. The number of nitrogens with two attached hydrogens (primary N) is 1. The second kappa shape index (κ2) is 7.25. The van der Waals surface area contributed by atoms with Crippen molar-refractivity contribution < 1.29 is 5.11 Å². The molecule has 0 saturated carbocycles. The second-order valence-electron chi connectivity index (χ2n) is 4.95. The van der Waals surface area contributed by atoms with E-state index < -0.39 is 0 Å². The molecule has 7 nitrogen and oxygen atoms in total. The summed E-state index contributed by atoms with van der Waals surface area (Å²) in [6.45, 7) is 7.59. The number of hydrogen-bond acceptors (Lipinski definition) is 7. The average molecular weight is 280 g/mol. The number of nitrogens with zero attached hydrogens (tertiary/aromatic N) is 4. The van der Waals surface area contributed by atoms with Crippen LogP contribution in [0.3, 0.4) is 0 Å². The Balaban J connectivity index is 2.00. The lowest BCUT2D eigenvalue weighted by atomic mass is 10.3. The van der Waals surface area contributed by atoms with Gasteiger partial charge in [0.25, 0.3) is 0 Å². The fraction of sp³-hybridized carbons (Fsp3) is 0.692. The Morgan fingerprint density at radius 3 is 2.70 bits per heavy atom. The molecule has 7 heteroatoms. The highest BCUT2D eigenvalue weighted by atomic mass is 16.3. The summed E-state index contributed by atoms with van der Waals surface area (Å²) in [6, 6.07) is 1.95. The largest absolute Gasteiger partial charge is 0.395 e. The number of piperazine rings is 1. The van der Waals surface area contributed by atoms with Crippen molar-refractivity contribution in [3.05, 3.63) is 6.07 Å². The van der Waals surface area contributed by atoms with E-state index >= 15 is 0 Å². The van der Waals surface area contributed by atoms with E-state index in [-0.39, 0.29) is 6.61 Å². The van der Waals surface area contributed by atoms with Crippen molar-refractivity contribution in [2.75, 3.05) is 61.8 Å². The number of aromatic nitrogens is 2. The van der Waals surface area contributed by atoms with Gasteiger partial charge in [-0.25, -0.2) is 0 Å². The van der Waals surface area contributed by atoms with Gasteiger partial charge in [-0.3, -0.25) is 4.90 Å². The van der Waals surface area contributed by atoms with Crippen molar-refractivity contribution in [1.82, 2.24) is 14.9 Å². The van der Waals surface area contributed by atoms with Crippen molar-refractivity contribution in [1.29, 1.82) is 0 Å². The molecule has 1 aromatic heterocycles. The zero-order valence-electron chi connectivity index (χ0n) is 12.0. The first kappa shape index (κ1) is 14.8. The SMILES string of the molecule is CCCNc1cc(N2CCN(CCO)CC2)nc(N)n1. The van der Waals surface area contributed by atoms with E-state index in [9.17, 15) is 0 Å². The first-order valence-corrected chi connectivity index (χ1v) is 7.19. The van der Waals surface area contributed by atoms with Gasteiger partial charge in [0, 0.05) is 45.3 Å². The molecular weight excluding hydrogens is 256 g/mol. The number of rotatable bonds is 6. The molecule has 1 saturated heterocycles. The summed E-state index contributed by atoms with van der Waals surface area (Å²) >= 11 is 0. The highest BCUT2D eigenvalue weighted by Crippen LogP contribution is 2.18. The Bertz CT molecular complexity index is 419. The molecule has 1 fully saturated rings. The Labute approximate surface area is 119 Å². The standard InChI is InChI=1S/C13H24N6O/c1-2-3-15-11-10-12(17-13(14)16-11)19-6-4-18(5-7-19)8-9-20/h10,20H,2-9H2,1H3,(H3,14,15,16,17). The monoisotopic (exact) mass is 280 g/mol. The third kappa shape index (κ3) is 3.94. The highest BCUT2D eigenvalue weighted by molar-refractivity contribution is 5.52. The molecule has 1 aromatic rings. The number of aliphatic hydroxyl groups excluding tert-OH is 1. The number of β-amino-alcohol motifs (C(OH)–C–C–N with tert-alkyl or cyclic N) is 1. The van der Waals surface area contributed by atoms with Crippen molar-refractivity contribution in [2.45, 2.75) is 13.3 Å². The molecule has 0 aromatic carbocycles. The van der Waals surface area contributed by atoms with Gasteiger partial charge in [0.2, 0.25) is 5.95 Å². The van der Waals surface area contributed by atoms with Gasteiger partial charge in [0.1, 0.15) is 11.6 Å². The van der Waals surface area contributed by atoms with Crippen LogP contribution < -0.4 is 16.0 Å². The summed E-state index contributed by atoms with van der Waals surface area (Å²) in [5.41, 5.74) is 5.78. The van der Waals surface area contributed by atoms with Crippen molar-refractivity contribution >= 4 is 17.6 Å². The van der Waals surface area contributed by atoms with Gasteiger partial charge >= 0.3 is 0 Å². The fourth-order valence-electron chi connectivity index (χ4n) is 2.30. The molecule has 0 bridgehead atoms. The Morgan fingerprint density at radius 1 is 1.30 bits per heavy atom. The highest BCUT2D eigenvalue weighted by Gasteiger charge is 2.18. The van der Waals surface area contributed by atoms with Gasteiger partial charge in [-0.05, 0) is 6.42 Å². The summed E-state index contributed by atoms with van der Waals surface area (Å²) in [7, 11) is 0. The molecular formula is C13H24N6O. The molecule has 4 N–H and O–H groups in total. The predicted octanol–water partition coefficient (Wildman–Crippen LogP) is -0.00500. The Morgan fingerprint density at radius 2 is 2.05 bits per heavy atom. The Hall–Kier alpha value is -1.60. The average Bonchev–Trinajstić information content (AvgIpc) is 2.46. The maximum atomic E-state index is 8.96. The van der Waals surface area contributed by atoms with E-state index in [4.69, 9.17) is 10.8 Å². The quantitative estimate of drug-likeness (QED) is 0.675. The van der Waals surface area contributed by atoms with Crippen LogP contribution in [0.5, 0.6) is 0 Å². The summed E-state index contributed by atoms with van der Waals surface area (Å²) in [5, 5.41) is 12.2. The first-order chi connectivity index (χ1) is 9.72. The summed E-state index contributed by atoms with van der Waals surface area (Å²) in [6.07, 6.45) is 1.04. The number of aliphatic hydroxyl groups is 1. The van der Waals surface area contributed by atoms with Crippen LogP contribution >= 0.6 is 0 Å². The van der Waals surface area contributed by atoms with E-state index in [2.05, 4.69) is 32.0 Å². The maximum Gasteiger partial charge on any atom is 0.223 e. The first-order valence-electron chi connectivity index (χ1n) is 7.19. The van der Waals surface area contributed by atoms with Crippen LogP contribution in [0, 0.1) is 0 Å². The van der Waals surface area contributed by atoms with Gasteiger partial charge in [-0.1, -0.05) is 6.92 Å². The van der Waals surface area contributed by atoms with Crippen LogP contribution in [0.2, 0.25) is 0 Å². The third-order valence-corrected chi connectivity index (χ3v) is 3.40. The molecule has 2 rings (SSSR count). The molecule has 1 aliphatic rings. The lowest BCUT2D eigenvalue weighted by Crippen LogP contribution is -2.47. The predicted molar refractivity (Wildman–Crippen MR) is 81.0 cm³/mol. The summed E-state index contributed by atoms with van der Waals surface area (Å²) < 4.78 is 0. The minimum atomic E-state index is 0.214. The fourth-order valence-corrected chi connectivity index (χ4v) is 2.30. The van der Waals surface area contributed by atoms with Crippen LogP contribution in [0.4, 0.5) is 17.6 Å². The van der Waals surface area contributed by atoms with Gasteiger partial charge in [-0.2, -0.15) is 9.97 Å². The number of hydrogen-bond donors (Lipinski definition) is 3. The lowest BCUT2D eigenvalue weighted by Gasteiger charge is -2.35.